The van der Waals surface area contributed by atoms with Gasteiger partial charge in [-0.3, -0.25) is 0 Å². The third-order valence-corrected chi connectivity index (χ3v) is 1.32. The predicted octanol–water partition coefficient (Wildman–Crippen LogP) is 0.919. The summed E-state index contributed by atoms with van der Waals surface area (Å²) in [5.41, 5.74) is 0. The molecule has 2 heteroatoms. The minimum Gasteiger partial charge on any atom is -0.393 e. The number of rotatable bonds is 0. The Morgan fingerprint density at radius 3 is 1.71 bits per heavy atom. The van der Waals surface area contributed by atoms with Crippen molar-refractivity contribution in [3.8, 4) is 0 Å². The molecule has 1 N–H and O–H groups in total. The zero-order chi connectivity index (χ0) is 4.41. The summed E-state index contributed by atoms with van der Waals surface area (Å²) in [6, 6.07) is 0. The van der Waals surface area contributed by atoms with Gasteiger partial charge in [-0.25, -0.2) is 0 Å². The minimum absolute atomic E-state index is 0. The van der Waals surface area contributed by atoms with Gasteiger partial charge in [0.05, 0.1) is 6.10 Å². The largest absolute Gasteiger partial charge is 0.393 e. The van der Waals surface area contributed by atoms with Crippen LogP contribution in [0.1, 0.15) is 25.7 Å². The molecule has 7 heavy (non-hydrogen) atoms. The number of aliphatic hydroxyl groups excluding tert-OH is 1. The van der Waals surface area contributed by atoms with Crippen LogP contribution in [0.15, 0.2) is 0 Å². The summed E-state index contributed by atoms with van der Waals surface area (Å²) in [5, 5.41) is 8.73. The van der Waals surface area contributed by atoms with Crippen molar-refractivity contribution in [1.29, 1.82) is 0 Å². The monoisotopic (exact) mass is 266 g/mol. The van der Waals surface area contributed by atoms with Crippen LogP contribution < -0.4 is 0 Å². The van der Waals surface area contributed by atoms with Gasteiger partial charge in [0.25, 0.3) is 0 Å². The molecular weight excluding hydrogens is 255 g/mol. The van der Waals surface area contributed by atoms with Gasteiger partial charge in [0.15, 0.2) is 0 Å². The van der Waals surface area contributed by atoms with Gasteiger partial charge in [0.2, 0.25) is 0 Å². The molecule has 0 saturated heterocycles. The Labute approximate surface area is 62.9 Å². The Bertz CT molecular complexity index is 41.3. The van der Waals surface area contributed by atoms with E-state index in [4.69, 9.17) is 5.11 Å². The minimum atomic E-state index is 0. The zero-order valence-electron chi connectivity index (χ0n) is 4.35. The molecule has 0 radical (unpaired) electrons. The molecule has 0 bridgehead atoms. The van der Waals surface area contributed by atoms with Crippen LogP contribution in [-0.4, -0.2) is 11.2 Å². The first-order chi connectivity index (χ1) is 2.89. The van der Waals surface area contributed by atoms with Gasteiger partial charge in [0, 0.05) is 25.8 Å². The topological polar surface area (TPSA) is 20.2 Å². The molecular formula is C5H10HfO. The van der Waals surface area contributed by atoms with Crippen molar-refractivity contribution in [3.05, 3.63) is 0 Å². The third kappa shape index (κ3) is 2.60. The van der Waals surface area contributed by atoms with E-state index in [2.05, 4.69) is 0 Å². The number of hydrogen-bond donors (Lipinski definition) is 1. The van der Waals surface area contributed by atoms with Gasteiger partial charge in [0.1, 0.15) is 0 Å². The summed E-state index contributed by atoms with van der Waals surface area (Å²) < 4.78 is 0. The first kappa shape index (κ1) is 7.83. The number of hydrogen-bond acceptors (Lipinski definition) is 1. The van der Waals surface area contributed by atoms with Crippen molar-refractivity contribution in [3.63, 3.8) is 0 Å². The Balaban J connectivity index is 0.000000360. The average molecular weight is 265 g/mol. The molecule has 1 nitrogen and oxygen atoms in total. The summed E-state index contributed by atoms with van der Waals surface area (Å²) in [6.45, 7) is 0. The van der Waals surface area contributed by atoms with E-state index >= 15 is 0 Å². The van der Waals surface area contributed by atoms with Crippen molar-refractivity contribution in [2.24, 2.45) is 0 Å². The van der Waals surface area contributed by atoms with Gasteiger partial charge in [-0.05, 0) is 12.8 Å². The molecule has 0 aromatic carbocycles. The van der Waals surface area contributed by atoms with E-state index in [0.717, 1.165) is 12.8 Å². The smallest absolute Gasteiger partial charge is 0.0540 e. The fraction of sp³-hybridized carbons (Fsp3) is 1.00. The van der Waals surface area contributed by atoms with Crippen molar-refractivity contribution in [2.45, 2.75) is 31.8 Å². The molecule has 1 saturated carbocycles. The van der Waals surface area contributed by atoms with E-state index in [1.807, 2.05) is 0 Å². The van der Waals surface area contributed by atoms with Crippen LogP contribution in [0.25, 0.3) is 0 Å². The van der Waals surface area contributed by atoms with Crippen LogP contribution in [0.5, 0.6) is 0 Å². The van der Waals surface area contributed by atoms with E-state index in [9.17, 15) is 0 Å². The molecule has 0 heterocycles. The summed E-state index contributed by atoms with van der Waals surface area (Å²) in [4.78, 5) is 0. The van der Waals surface area contributed by atoms with E-state index in [0.29, 0.717) is 0 Å². The number of aliphatic hydroxyl groups is 1. The van der Waals surface area contributed by atoms with Crippen molar-refractivity contribution < 1.29 is 30.9 Å². The maximum atomic E-state index is 8.73. The zero-order valence-corrected chi connectivity index (χ0v) is 7.95. The molecule has 0 unspecified atom stereocenters. The summed E-state index contributed by atoms with van der Waals surface area (Å²) in [5.74, 6) is 0. The van der Waals surface area contributed by atoms with Crippen LogP contribution in [0, 0.1) is 0 Å². The van der Waals surface area contributed by atoms with E-state index < -0.39 is 0 Å². The molecule has 1 aliphatic carbocycles. The second-order valence-electron chi connectivity index (χ2n) is 1.94. The van der Waals surface area contributed by atoms with Crippen LogP contribution in [0.2, 0.25) is 0 Å². The van der Waals surface area contributed by atoms with Crippen LogP contribution in [0.4, 0.5) is 0 Å². The van der Waals surface area contributed by atoms with Gasteiger partial charge in [-0.2, -0.15) is 0 Å². The van der Waals surface area contributed by atoms with Gasteiger partial charge >= 0.3 is 0 Å². The van der Waals surface area contributed by atoms with Crippen molar-refractivity contribution in [2.75, 3.05) is 0 Å². The van der Waals surface area contributed by atoms with Crippen LogP contribution in [0.3, 0.4) is 0 Å². The summed E-state index contributed by atoms with van der Waals surface area (Å²) in [6.07, 6.45) is 4.60. The Morgan fingerprint density at radius 1 is 1.14 bits per heavy atom. The summed E-state index contributed by atoms with van der Waals surface area (Å²) in [7, 11) is 0. The quantitative estimate of drug-likeness (QED) is 0.645. The van der Waals surface area contributed by atoms with Crippen molar-refractivity contribution in [1.82, 2.24) is 0 Å². The molecule has 0 amide bonds. The molecule has 0 atom stereocenters. The fourth-order valence-corrected chi connectivity index (χ4v) is 0.904. The Morgan fingerprint density at radius 2 is 1.57 bits per heavy atom. The van der Waals surface area contributed by atoms with Gasteiger partial charge in [-0.1, -0.05) is 12.8 Å². The van der Waals surface area contributed by atoms with E-state index in [1.165, 1.54) is 12.8 Å². The first-order valence-corrected chi connectivity index (χ1v) is 2.57. The second-order valence-corrected chi connectivity index (χ2v) is 1.94. The molecule has 0 aliphatic heterocycles. The Hall–Kier alpha value is 0.830. The van der Waals surface area contributed by atoms with Crippen LogP contribution >= 0.6 is 0 Å². The molecule has 1 rings (SSSR count). The molecule has 0 spiro atoms. The maximum Gasteiger partial charge on any atom is 0.0540 e. The first-order valence-electron chi connectivity index (χ1n) is 2.57. The molecule has 40 valence electrons. The van der Waals surface area contributed by atoms with E-state index in [1.54, 1.807) is 0 Å². The summed E-state index contributed by atoms with van der Waals surface area (Å²) >= 11 is 0. The third-order valence-electron chi connectivity index (χ3n) is 1.32. The SMILES string of the molecule is OC1CCCC1.[Hf]. The predicted molar refractivity (Wildman–Crippen MR) is 24.5 cm³/mol. The van der Waals surface area contributed by atoms with Gasteiger partial charge < -0.3 is 5.11 Å². The van der Waals surface area contributed by atoms with Crippen molar-refractivity contribution >= 4 is 0 Å². The standard InChI is InChI=1S/C5H10O.Hf/c6-5-3-1-2-4-5;/h5-6H,1-4H2;. The normalized spacial score (nSPS) is 21.9. The fourth-order valence-electron chi connectivity index (χ4n) is 0.904. The molecule has 0 aromatic rings. The molecule has 1 fully saturated rings. The Kier molecular flexibility index (Phi) is 4.24. The van der Waals surface area contributed by atoms with Crippen LogP contribution in [-0.2, 0) is 25.8 Å². The van der Waals surface area contributed by atoms with E-state index in [-0.39, 0.29) is 31.9 Å². The maximum absolute atomic E-state index is 8.73. The molecule has 0 aromatic heterocycles. The molecule has 1 aliphatic rings. The second kappa shape index (κ2) is 3.79. The average Bonchev–Trinajstić information content (AvgIpc) is 1.86. The van der Waals surface area contributed by atoms with Gasteiger partial charge in [-0.15, -0.1) is 0 Å².